The van der Waals surface area contributed by atoms with Crippen LogP contribution >= 0.6 is 15.9 Å². The van der Waals surface area contributed by atoms with Crippen molar-refractivity contribution in [1.29, 1.82) is 0 Å². The lowest BCUT2D eigenvalue weighted by Gasteiger charge is -2.28. The quantitative estimate of drug-likeness (QED) is 0.859. The number of ether oxygens (including phenoxy) is 1. The summed E-state index contributed by atoms with van der Waals surface area (Å²) in [5, 5.41) is 3.62. The fourth-order valence-electron chi connectivity index (χ4n) is 2.64. The van der Waals surface area contributed by atoms with Crippen LogP contribution in [0.4, 0.5) is 0 Å². The molecule has 19 heavy (non-hydrogen) atoms. The molecular weight excluding hydrogens is 302 g/mol. The molecule has 0 aromatic heterocycles. The van der Waals surface area contributed by atoms with Crippen molar-refractivity contribution in [2.75, 3.05) is 13.7 Å². The molecule has 1 N–H and O–H groups in total. The molecule has 1 heterocycles. The van der Waals surface area contributed by atoms with Gasteiger partial charge in [-0.15, -0.1) is 0 Å². The van der Waals surface area contributed by atoms with Gasteiger partial charge in [0.15, 0.2) is 0 Å². The third-order valence-corrected chi connectivity index (χ3v) is 4.42. The Balaban J connectivity index is 2.46. The van der Waals surface area contributed by atoms with E-state index in [0.717, 1.165) is 16.8 Å². The van der Waals surface area contributed by atoms with E-state index in [1.807, 2.05) is 0 Å². The second-order valence-electron chi connectivity index (χ2n) is 6.33. The molecule has 0 bridgehead atoms. The van der Waals surface area contributed by atoms with Gasteiger partial charge in [-0.05, 0) is 58.4 Å². The maximum atomic E-state index is 5.61. The highest BCUT2D eigenvalue weighted by molar-refractivity contribution is 9.10. The molecule has 106 valence electrons. The van der Waals surface area contributed by atoms with E-state index in [1.54, 1.807) is 7.11 Å². The van der Waals surface area contributed by atoms with Crippen LogP contribution in [0.2, 0.25) is 0 Å². The summed E-state index contributed by atoms with van der Waals surface area (Å²) < 4.78 is 6.67. The van der Waals surface area contributed by atoms with E-state index in [4.69, 9.17) is 4.74 Å². The summed E-state index contributed by atoms with van der Waals surface area (Å²) in [4.78, 5) is 0. The van der Waals surface area contributed by atoms with Crippen LogP contribution in [0.5, 0.6) is 5.75 Å². The highest BCUT2D eigenvalue weighted by Gasteiger charge is 2.24. The third-order valence-electron chi connectivity index (χ3n) is 3.83. The Labute approximate surface area is 125 Å². The van der Waals surface area contributed by atoms with E-state index in [0.29, 0.717) is 6.04 Å². The predicted octanol–water partition coefficient (Wildman–Crippen LogP) is 4.57. The lowest BCUT2D eigenvalue weighted by molar-refractivity contribution is 0.371. The Morgan fingerprint density at radius 1 is 1.26 bits per heavy atom. The molecule has 1 fully saturated rings. The van der Waals surface area contributed by atoms with Gasteiger partial charge in [0.1, 0.15) is 5.75 Å². The van der Waals surface area contributed by atoms with Crippen LogP contribution < -0.4 is 10.1 Å². The van der Waals surface area contributed by atoms with Gasteiger partial charge < -0.3 is 10.1 Å². The van der Waals surface area contributed by atoms with Crippen molar-refractivity contribution in [3.63, 3.8) is 0 Å². The first-order valence-corrected chi connectivity index (χ1v) is 7.84. The SMILES string of the molecule is COc1c(Br)cc(C(C)(C)C)cc1C1CCCCN1. The third kappa shape index (κ3) is 3.32. The summed E-state index contributed by atoms with van der Waals surface area (Å²) in [6.07, 6.45) is 3.76. The largest absolute Gasteiger partial charge is 0.495 e. The maximum absolute atomic E-state index is 5.61. The predicted molar refractivity (Wildman–Crippen MR) is 84.0 cm³/mol. The zero-order valence-corrected chi connectivity index (χ0v) is 13.9. The van der Waals surface area contributed by atoms with Gasteiger partial charge in [0.05, 0.1) is 11.6 Å². The van der Waals surface area contributed by atoms with Crippen LogP contribution in [0.1, 0.15) is 57.2 Å². The number of hydrogen-bond acceptors (Lipinski definition) is 2. The van der Waals surface area contributed by atoms with E-state index in [-0.39, 0.29) is 5.41 Å². The van der Waals surface area contributed by atoms with E-state index >= 15 is 0 Å². The van der Waals surface area contributed by atoms with E-state index in [2.05, 4.69) is 54.2 Å². The summed E-state index contributed by atoms with van der Waals surface area (Å²) in [7, 11) is 1.75. The van der Waals surface area contributed by atoms with E-state index in [9.17, 15) is 0 Å². The van der Waals surface area contributed by atoms with Crippen LogP contribution in [-0.4, -0.2) is 13.7 Å². The molecule has 1 aliphatic heterocycles. The second-order valence-corrected chi connectivity index (χ2v) is 7.19. The Bertz CT molecular complexity index is 445. The van der Waals surface area contributed by atoms with Gasteiger partial charge in [-0.2, -0.15) is 0 Å². The lowest BCUT2D eigenvalue weighted by atomic mass is 9.84. The first-order valence-electron chi connectivity index (χ1n) is 7.05. The van der Waals surface area contributed by atoms with E-state index in [1.165, 1.54) is 30.4 Å². The molecule has 0 aliphatic carbocycles. The van der Waals surface area contributed by atoms with Crippen molar-refractivity contribution >= 4 is 15.9 Å². The number of hydrogen-bond donors (Lipinski definition) is 1. The molecule has 0 amide bonds. The molecule has 1 aromatic rings. The summed E-state index contributed by atoms with van der Waals surface area (Å²) in [5.41, 5.74) is 2.79. The molecule has 1 unspecified atom stereocenters. The second kappa shape index (κ2) is 5.84. The fraction of sp³-hybridized carbons (Fsp3) is 0.625. The standard InChI is InChI=1S/C16H24BrNO/c1-16(2,3)11-9-12(14-7-5-6-8-18-14)15(19-4)13(17)10-11/h9-10,14,18H,5-8H2,1-4H3. The van der Waals surface area contributed by atoms with Gasteiger partial charge in [-0.25, -0.2) is 0 Å². The molecule has 1 saturated heterocycles. The minimum absolute atomic E-state index is 0.151. The number of rotatable bonds is 2. The summed E-state index contributed by atoms with van der Waals surface area (Å²) >= 11 is 3.66. The first-order chi connectivity index (χ1) is 8.93. The smallest absolute Gasteiger partial charge is 0.137 e. The molecule has 2 nitrogen and oxygen atoms in total. The number of methoxy groups -OCH3 is 1. The summed E-state index contributed by atoms with van der Waals surface area (Å²) in [6, 6.07) is 4.92. The van der Waals surface area contributed by atoms with Crippen LogP contribution in [0.15, 0.2) is 16.6 Å². The molecule has 2 rings (SSSR count). The topological polar surface area (TPSA) is 21.3 Å². The Morgan fingerprint density at radius 3 is 2.53 bits per heavy atom. The van der Waals surface area contributed by atoms with Gasteiger partial charge in [-0.3, -0.25) is 0 Å². The number of piperidine rings is 1. The number of benzene rings is 1. The first kappa shape index (κ1) is 14.9. The molecule has 0 saturated carbocycles. The van der Waals surface area contributed by atoms with Crippen molar-refractivity contribution < 1.29 is 4.74 Å². The van der Waals surface area contributed by atoms with E-state index < -0.39 is 0 Å². The van der Waals surface area contributed by atoms with Crippen LogP contribution in [-0.2, 0) is 5.41 Å². The van der Waals surface area contributed by atoms with Crippen molar-refractivity contribution in [2.45, 2.75) is 51.5 Å². The van der Waals surface area contributed by atoms with Crippen molar-refractivity contribution in [3.8, 4) is 5.75 Å². The average molecular weight is 326 g/mol. The minimum atomic E-state index is 0.151. The fourth-order valence-corrected chi connectivity index (χ4v) is 3.28. The number of nitrogens with one attached hydrogen (secondary N) is 1. The van der Waals surface area contributed by atoms with Gasteiger partial charge in [0.2, 0.25) is 0 Å². The highest BCUT2D eigenvalue weighted by Crippen LogP contribution is 2.39. The van der Waals surface area contributed by atoms with Crippen LogP contribution in [0, 0.1) is 0 Å². The van der Waals surface area contributed by atoms with Crippen molar-refractivity contribution in [3.05, 3.63) is 27.7 Å². The summed E-state index contributed by atoms with van der Waals surface area (Å²) in [6.45, 7) is 7.85. The zero-order valence-electron chi connectivity index (χ0n) is 12.3. The molecule has 0 radical (unpaired) electrons. The molecule has 1 atom stereocenters. The minimum Gasteiger partial charge on any atom is -0.495 e. The lowest BCUT2D eigenvalue weighted by Crippen LogP contribution is -2.27. The van der Waals surface area contributed by atoms with Gasteiger partial charge in [-0.1, -0.05) is 27.2 Å². The van der Waals surface area contributed by atoms with Crippen molar-refractivity contribution in [2.24, 2.45) is 0 Å². The summed E-state index contributed by atoms with van der Waals surface area (Å²) in [5.74, 6) is 0.979. The van der Waals surface area contributed by atoms with Gasteiger partial charge >= 0.3 is 0 Å². The normalized spacial score (nSPS) is 20.4. The Morgan fingerprint density at radius 2 is 2.00 bits per heavy atom. The maximum Gasteiger partial charge on any atom is 0.137 e. The Hall–Kier alpha value is -0.540. The molecular formula is C16H24BrNO. The Kier molecular flexibility index (Phi) is 4.57. The molecule has 3 heteroatoms. The molecule has 0 spiro atoms. The molecule has 1 aliphatic rings. The highest BCUT2D eigenvalue weighted by atomic mass is 79.9. The average Bonchev–Trinajstić information content (AvgIpc) is 2.37. The van der Waals surface area contributed by atoms with Crippen LogP contribution in [0.25, 0.3) is 0 Å². The zero-order chi connectivity index (χ0) is 14.0. The molecule has 1 aromatic carbocycles. The van der Waals surface area contributed by atoms with Crippen LogP contribution in [0.3, 0.4) is 0 Å². The van der Waals surface area contributed by atoms with Crippen molar-refractivity contribution in [1.82, 2.24) is 5.32 Å². The monoisotopic (exact) mass is 325 g/mol. The van der Waals surface area contributed by atoms with Gasteiger partial charge in [0.25, 0.3) is 0 Å². The van der Waals surface area contributed by atoms with Gasteiger partial charge in [0, 0.05) is 11.6 Å². The number of halogens is 1.